The second-order valence-corrected chi connectivity index (χ2v) is 5.56. The van der Waals surface area contributed by atoms with Crippen LogP contribution in [0.4, 0.5) is 4.79 Å². The third kappa shape index (κ3) is 3.04. The molecule has 1 heterocycles. The molecule has 7 nitrogen and oxygen atoms in total. The number of rotatable bonds is 4. The van der Waals surface area contributed by atoms with Crippen molar-refractivity contribution in [1.82, 2.24) is 10.2 Å². The van der Waals surface area contributed by atoms with E-state index in [9.17, 15) is 19.8 Å². The number of carbonyl (C=O) groups excluding carboxylic acids is 1. The highest BCUT2D eigenvalue weighted by molar-refractivity contribution is 5.78. The lowest BCUT2D eigenvalue weighted by Crippen LogP contribution is -2.55. The highest BCUT2D eigenvalue weighted by Gasteiger charge is 2.42. The number of carboxylic acid groups (broad SMARTS) is 1. The summed E-state index contributed by atoms with van der Waals surface area (Å²) in [6.45, 7) is 1.16. The molecule has 2 aliphatic rings. The fraction of sp³-hybridized carbons (Fsp3) is 0.846. The zero-order chi connectivity index (χ0) is 14.6. The standard InChI is InChI=1S/C13H22N2O5/c16-7-10-8-20-6-5-15(10)12(19)14-9-13(11(17)18)3-1-2-4-13/h10,16H,1-9H2,(H,14,19)(H,17,18). The third-order valence-electron chi connectivity index (χ3n) is 4.29. The van der Waals surface area contributed by atoms with Crippen molar-refractivity contribution in [2.24, 2.45) is 5.41 Å². The van der Waals surface area contributed by atoms with Gasteiger partial charge in [0.15, 0.2) is 0 Å². The van der Waals surface area contributed by atoms with Crippen molar-refractivity contribution < 1.29 is 24.5 Å². The molecular weight excluding hydrogens is 264 g/mol. The Hall–Kier alpha value is -1.34. The highest BCUT2D eigenvalue weighted by Crippen LogP contribution is 2.37. The lowest BCUT2D eigenvalue weighted by Gasteiger charge is -2.35. The van der Waals surface area contributed by atoms with Crippen LogP contribution in [0.15, 0.2) is 0 Å². The van der Waals surface area contributed by atoms with Gasteiger partial charge in [-0.3, -0.25) is 4.79 Å². The number of nitrogens with one attached hydrogen (secondary N) is 1. The van der Waals surface area contributed by atoms with E-state index in [2.05, 4.69) is 5.32 Å². The van der Waals surface area contributed by atoms with Crippen LogP contribution in [-0.4, -0.2) is 66.1 Å². The van der Waals surface area contributed by atoms with Gasteiger partial charge in [0.25, 0.3) is 0 Å². The molecule has 0 aromatic heterocycles. The lowest BCUT2D eigenvalue weighted by atomic mass is 9.86. The molecule has 1 aliphatic carbocycles. The Labute approximate surface area is 117 Å². The van der Waals surface area contributed by atoms with Crippen molar-refractivity contribution in [1.29, 1.82) is 0 Å². The topological polar surface area (TPSA) is 99.1 Å². The first kappa shape index (κ1) is 15.1. The van der Waals surface area contributed by atoms with Crippen LogP contribution >= 0.6 is 0 Å². The van der Waals surface area contributed by atoms with Crippen LogP contribution in [0, 0.1) is 5.41 Å². The summed E-state index contributed by atoms with van der Waals surface area (Å²) >= 11 is 0. The van der Waals surface area contributed by atoms with Gasteiger partial charge in [0.05, 0.1) is 31.3 Å². The summed E-state index contributed by atoms with van der Waals surface area (Å²) in [5, 5.41) is 21.3. The quantitative estimate of drug-likeness (QED) is 0.677. The van der Waals surface area contributed by atoms with Gasteiger partial charge in [0, 0.05) is 13.1 Å². The lowest BCUT2D eigenvalue weighted by molar-refractivity contribution is -0.148. The molecule has 114 valence electrons. The maximum atomic E-state index is 12.1. The number of nitrogens with zero attached hydrogens (tertiary/aromatic N) is 1. The number of aliphatic hydroxyl groups is 1. The Bertz CT molecular complexity index is 368. The molecule has 1 aliphatic heterocycles. The molecule has 1 saturated carbocycles. The smallest absolute Gasteiger partial charge is 0.317 e. The fourth-order valence-electron chi connectivity index (χ4n) is 2.94. The summed E-state index contributed by atoms with van der Waals surface area (Å²) in [7, 11) is 0. The predicted octanol–water partition coefficient (Wildman–Crippen LogP) is 0.0341. The first-order valence-corrected chi connectivity index (χ1v) is 7.05. The molecule has 1 saturated heterocycles. The normalized spacial score (nSPS) is 25.4. The summed E-state index contributed by atoms with van der Waals surface area (Å²) in [6.07, 6.45) is 2.99. The SMILES string of the molecule is O=C(NCC1(C(=O)O)CCCC1)N1CCOCC1CO. The minimum Gasteiger partial charge on any atom is -0.481 e. The van der Waals surface area contributed by atoms with Gasteiger partial charge < -0.3 is 25.2 Å². The number of carbonyl (C=O) groups is 2. The molecule has 0 spiro atoms. The molecule has 7 heteroatoms. The van der Waals surface area contributed by atoms with Crippen LogP contribution in [0.2, 0.25) is 0 Å². The number of aliphatic carboxylic acids is 1. The molecule has 2 amide bonds. The molecule has 3 N–H and O–H groups in total. The Balaban J connectivity index is 1.92. The van der Waals surface area contributed by atoms with Gasteiger partial charge in [0.2, 0.25) is 0 Å². The second kappa shape index (κ2) is 6.41. The Morgan fingerprint density at radius 1 is 1.35 bits per heavy atom. The Morgan fingerprint density at radius 3 is 2.65 bits per heavy atom. The summed E-state index contributed by atoms with van der Waals surface area (Å²) in [4.78, 5) is 25.1. The van der Waals surface area contributed by atoms with E-state index < -0.39 is 11.4 Å². The first-order valence-electron chi connectivity index (χ1n) is 7.05. The average Bonchev–Trinajstić information content (AvgIpc) is 2.95. The molecule has 0 bridgehead atoms. The zero-order valence-corrected chi connectivity index (χ0v) is 11.5. The van der Waals surface area contributed by atoms with Crippen molar-refractivity contribution in [3.8, 4) is 0 Å². The summed E-state index contributed by atoms with van der Waals surface area (Å²) in [5.41, 5.74) is -0.823. The largest absolute Gasteiger partial charge is 0.481 e. The van der Waals surface area contributed by atoms with E-state index in [1.54, 1.807) is 0 Å². The van der Waals surface area contributed by atoms with E-state index in [4.69, 9.17) is 4.74 Å². The summed E-state index contributed by atoms with van der Waals surface area (Å²) in [5.74, 6) is -0.837. The Morgan fingerprint density at radius 2 is 2.05 bits per heavy atom. The minimum absolute atomic E-state index is 0.149. The van der Waals surface area contributed by atoms with Crippen molar-refractivity contribution in [3.05, 3.63) is 0 Å². The number of hydrogen-bond acceptors (Lipinski definition) is 4. The van der Waals surface area contributed by atoms with Gasteiger partial charge >= 0.3 is 12.0 Å². The van der Waals surface area contributed by atoms with E-state index >= 15 is 0 Å². The fourth-order valence-corrected chi connectivity index (χ4v) is 2.94. The van der Waals surface area contributed by atoms with Gasteiger partial charge in [-0.1, -0.05) is 12.8 Å². The van der Waals surface area contributed by atoms with Gasteiger partial charge in [0.1, 0.15) is 0 Å². The van der Waals surface area contributed by atoms with E-state index in [1.165, 1.54) is 4.90 Å². The van der Waals surface area contributed by atoms with Crippen molar-refractivity contribution in [2.45, 2.75) is 31.7 Å². The molecule has 2 fully saturated rings. The molecule has 0 aromatic carbocycles. The second-order valence-electron chi connectivity index (χ2n) is 5.56. The summed E-state index contributed by atoms with van der Waals surface area (Å²) < 4.78 is 5.21. The van der Waals surface area contributed by atoms with Gasteiger partial charge in [-0.05, 0) is 12.8 Å². The number of carboxylic acids is 1. The van der Waals surface area contributed by atoms with Gasteiger partial charge in [-0.15, -0.1) is 0 Å². The summed E-state index contributed by atoms with van der Waals surface area (Å²) in [6, 6.07) is -0.673. The number of amides is 2. The number of urea groups is 1. The van der Waals surface area contributed by atoms with Crippen molar-refractivity contribution in [3.63, 3.8) is 0 Å². The van der Waals surface area contributed by atoms with Crippen LogP contribution < -0.4 is 5.32 Å². The number of aliphatic hydroxyl groups excluding tert-OH is 1. The molecule has 20 heavy (non-hydrogen) atoms. The molecule has 2 rings (SSSR count). The number of morpholine rings is 1. The average molecular weight is 286 g/mol. The predicted molar refractivity (Wildman–Crippen MR) is 70.3 cm³/mol. The maximum absolute atomic E-state index is 12.1. The zero-order valence-electron chi connectivity index (χ0n) is 11.5. The molecule has 1 atom stereocenters. The van der Waals surface area contributed by atoms with Crippen molar-refractivity contribution >= 4 is 12.0 Å². The van der Waals surface area contributed by atoms with Crippen molar-refractivity contribution in [2.75, 3.05) is 32.9 Å². The minimum atomic E-state index is -0.837. The number of ether oxygens (including phenoxy) is 1. The van der Waals surface area contributed by atoms with Crippen LogP contribution in [0.1, 0.15) is 25.7 Å². The van der Waals surface area contributed by atoms with Gasteiger partial charge in [-0.2, -0.15) is 0 Å². The first-order chi connectivity index (χ1) is 9.59. The molecular formula is C13H22N2O5. The molecule has 1 unspecified atom stereocenters. The van der Waals surface area contributed by atoms with Crippen LogP contribution in [0.3, 0.4) is 0 Å². The van der Waals surface area contributed by atoms with E-state index in [0.29, 0.717) is 32.6 Å². The van der Waals surface area contributed by atoms with E-state index in [-0.39, 0.29) is 25.2 Å². The highest BCUT2D eigenvalue weighted by atomic mass is 16.5. The van der Waals surface area contributed by atoms with E-state index in [1.807, 2.05) is 0 Å². The van der Waals surface area contributed by atoms with Crippen LogP contribution in [0.25, 0.3) is 0 Å². The monoisotopic (exact) mass is 286 g/mol. The van der Waals surface area contributed by atoms with E-state index in [0.717, 1.165) is 12.8 Å². The molecule has 0 aromatic rings. The maximum Gasteiger partial charge on any atom is 0.317 e. The van der Waals surface area contributed by atoms with Crippen LogP contribution in [0.5, 0.6) is 0 Å². The van der Waals surface area contributed by atoms with Crippen LogP contribution in [-0.2, 0) is 9.53 Å². The van der Waals surface area contributed by atoms with Gasteiger partial charge in [-0.25, -0.2) is 4.79 Å². The Kier molecular flexibility index (Phi) is 4.82. The molecule has 0 radical (unpaired) electrons. The third-order valence-corrected chi connectivity index (χ3v) is 4.29. The number of hydrogen-bond donors (Lipinski definition) is 3.